The first kappa shape index (κ1) is 74.6. The summed E-state index contributed by atoms with van der Waals surface area (Å²) in [5, 5.41) is 45.1. The van der Waals surface area contributed by atoms with E-state index in [0.717, 1.165) is 38.5 Å². The number of unbranched alkanes of at least 4 members (excludes halogenated alkanes) is 45. The molecule has 1 heterocycles. The van der Waals surface area contributed by atoms with Gasteiger partial charge in [-0.15, -0.1) is 0 Å². The lowest BCUT2D eigenvalue weighted by Gasteiger charge is -2.41. The monoisotopic (exact) mass is 1130 g/mol. The molecular formula is C65H125NO11S. The minimum atomic E-state index is -5.09. The average molecular weight is 1130 g/mol. The Labute approximate surface area is 480 Å². The first-order valence-electron chi connectivity index (χ1n) is 33.2. The molecule has 1 rings (SSSR count). The van der Waals surface area contributed by atoms with Crippen LogP contribution in [0.5, 0.6) is 0 Å². The third-order valence-electron chi connectivity index (χ3n) is 16.0. The molecular weight excluding hydrogens is 1000 g/mol. The molecule has 1 aliphatic heterocycles. The highest BCUT2D eigenvalue weighted by molar-refractivity contribution is 7.80. The molecule has 1 aliphatic rings. The lowest BCUT2D eigenvalue weighted by atomic mass is 9.99. The summed E-state index contributed by atoms with van der Waals surface area (Å²) < 4.78 is 48.0. The Kier molecular flexibility index (Phi) is 52.4. The summed E-state index contributed by atoms with van der Waals surface area (Å²) in [4.78, 5) is 13.2. The van der Waals surface area contributed by atoms with E-state index >= 15 is 0 Å². The quantitative estimate of drug-likeness (QED) is 0.0193. The highest BCUT2D eigenvalue weighted by Crippen LogP contribution is 2.26. The second-order valence-corrected chi connectivity index (χ2v) is 24.5. The lowest BCUT2D eigenvalue weighted by Crippen LogP contribution is -2.61. The molecule has 0 saturated carbocycles. The van der Waals surface area contributed by atoms with E-state index in [9.17, 15) is 38.2 Å². The van der Waals surface area contributed by atoms with Crippen LogP contribution >= 0.6 is 0 Å². The van der Waals surface area contributed by atoms with Crippen molar-refractivity contribution in [1.82, 2.24) is 5.32 Å². The van der Waals surface area contributed by atoms with E-state index in [0.29, 0.717) is 6.42 Å². The maximum Gasteiger partial charge on any atom is 0.397 e. The first-order chi connectivity index (χ1) is 38.0. The molecule has 6 N–H and O–H groups in total. The highest BCUT2D eigenvalue weighted by atomic mass is 32.3. The molecule has 0 aliphatic carbocycles. The molecule has 0 bridgehead atoms. The molecule has 7 atom stereocenters. The van der Waals surface area contributed by atoms with E-state index in [4.69, 9.17) is 9.47 Å². The molecule has 12 nitrogen and oxygen atoms in total. The van der Waals surface area contributed by atoms with E-state index in [1.165, 1.54) is 263 Å². The predicted octanol–water partition coefficient (Wildman–Crippen LogP) is 16.7. The fourth-order valence-corrected chi connectivity index (χ4v) is 11.4. The van der Waals surface area contributed by atoms with E-state index in [1.54, 1.807) is 6.08 Å². The van der Waals surface area contributed by atoms with Crippen molar-refractivity contribution in [2.24, 2.45) is 0 Å². The number of aliphatic hydroxyl groups is 4. The van der Waals surface area contributed by atoms with Crippen molar-refractivity contribution in [3.8, 4) is 0 Å². The third kappa shape index (κ3) is 46.1. The predicted molar refractivity (Wildman–Crippen MR) is 324 cm³/mol. The number of hydrogen-bond acceptors (Lipinski definition) is 10. The van der Waals surface area contributed by atoms with Crippen molar-refractivity contribution in [1.29, 1.82) is 0 Å². The van der Waals surface area contributed by atoms with Crippen LogP contribution in [0.25, 0.3) is 0 Å². The van der Waals surface area contributed by atoms with Crippen LogP contribution in [-0.2, 0) is 28.9 Å². The van der Waals surface area contributed by atoms with E-state index in [1.807, 2.05) is 6.08 Å². The maximum atomic E-state index is 13.2. The van der Waals surface area contributed by atoms with Crippen LogP contribution in [0.2, 0.25) is 0 Å². The van der Waals surface area contributed by atoms with Crippen molar-refractivity contribution in [2.45, 2.75) is 371 Å². The number of aliphatic hydroxyl groups excluding tert-OH is 4. The van der Waals surface area contributed by atoms with Crippen LogP contribution < -0.4 is 5.32 Å². The summed E-state index contributed by atoms with van der Waals surface area (Å²) >= 11 is 0. The fourth-order valence-electron chi connectivity index (χ4n) is 10.9. The number of nitrogens with one attached hydrogen (secondary N) is 1. The van der Waals surface area contributed by atoms with Gasteiger partial charge in [0.15, 0.2) is 6.29 Å². The van der Waals surface area contributed by atoms with Gasteiger partial charge in [-0.05, 0) is 44.9 Å². The van der Waals surface area contributed by atoms with Gasteiger partial charge in [-0.3, -0.25) is 9.35 Å². The molecule has 0 spiro atoms. The number of carbonyl (C=O) groups excluding carboxylic acids is 1. The summed E-state index contributed by atoms with van der Waals surface area (Å²) in [6.07, 6.45) is 61.0. The standard InChI is InChI=1S/C65H125NO11S/c1-3-5-7-9-11-13-15-17-19-21-23-25-26-27-28-29-30-31-32-33-34-35-37-39-41-43-45-47-49-51-53-55-61(69)66-58(57-75-65-63(71)64(77-78(72,73)74)62(70)60(56-67)76-65)59(68)54-52-50-48-46-44-42-40-38-36-24-22-20-18-16-14-12-10-8-6-4-2/h27-28,52,54,58-60,62-65,67-68,70-71H,3-26,29-51,53,55-57H2,1-2H3,(H,66,69)(H,72,73,74)/b28-27-,54-52+. The van der Waals surface area contributed by atoms with Crippen LogP contribution in [0.4, 0.5) is 0 Å². The number of allylic oxidation sites excluding steroid dienone is 3. The van der Waals surface area contributed by atoms with Crippen LogP contribution in [0, 0.1) is 0 Å². The normalized spacial score (nSPS) is 18.9. The van der Waals surface area contributed by atoms with Gasteiger partial charge in [-0.25, -0.2) is 4.18 Å². The summed E-state index contributed by atoms with van der Waals surface area (Å²) in [5.74, 6) is -0.256. The molecule has 0 aromatic rings. The molecule has 0 aromatic heterocycles. The first-order valence-corrected chi connectivity index (χ1v) is 34.6. The van der Waals surface area contributed by atoms with Crippen molar-refractivity contribution < 1.29 is 51.8 Å². The molecule has 78 heavy (non-hydrogen) atoms. The van der Waals surface area contributed by atoms with Gasteiger partial charge >= 0.3 is 10.4 Å². The van der Waals surface area contributed by atoms with Gasteiger partial charge in [-0.1, -0.05) is 301 Å². The highest BCUT2D eigenvalue weighted by Gasteiger charge is 2.48. The van der Waals surface area contributed by atoms with Crippen molar-refractivity contribution >= 4 is 16.3 Å². The Hall–Kier alpha value is -1.42. The summed E-state index contributed by atoms with van der Waals surface area (Å²) in [6.45, 7) is 3.45. The topological polar surface area (TPSA) is 192 Å². The zero-order valence-electron chi connectivity index (χ0n) is 50.5. The Morgan fingerprint density at radius 3 is 1.15 bits per heavy atom. The summed E-state index contributed by atoms with van der Waals surface area (Å²) in [5.41, 5.74) is 0. The Balaban J connectivity index is 2.26. The molecule has 1 amide bonds. The van der Waals surface area contributed by atoms with Gasteiger partial charge in [-0.2, -0.15) is 8.42 Å². The Morgan fingerprint density at radius 1 is 0.500 bits per heavy atom. The third-order valence-corrected chi connectivity index (χ3v) is 16.4. The fraction of sp³-hybridized carbons (Fsp3) is 0.923. The molecule has 1 fully saturated rings. The van der Waals surface area contributed by atoms with Crippen molar-refractivity contribution in [2.75, 3.05) is 13.2 Å². The molecule has 1 saturated heterocycles. The minimum Gasteiger partial charge on any atom is -0.394 e. The van der Waals surface area contributed by atoms with Gasteiger partial charge in [0.05, 0.1) is 25.4 Å². The van der Waals surface area contributed by atoms with Gasteiger partial charge in [0.25, 0.3) is 0 Å². The summed E-state index contributed by atoms with van der Waals surface area (Å²) in [7, 11) is -5.09. The Morgan fingerprint density at radius 2 is 0.821 bits per heavy atom. The van der Waals surface area contributed by atoms with E-state index in [2.05, 4.69) is 35.5 Å². The van der Waals surface area contributed by atoms with Crippen LogP contribution in [-0.4, -0.2) is 95.4 Å². The van der Waals surface area contributed by atoms with Crippen LogP contribution in [0.15, 0.2) is 24.3 Å². The number of ether oxygens (including phenoxy) is 2. The SMILES string of the molecule is CCCCCCCCCCCCCC/C=C\CCCCCCCCCCCCCCCCCC(=O)NC(COC1OC(CO)C(O)C(OS(=O)(=O)O)C1O)C(O)/C=C/CCCCCCCCCCCCCCCCCCCC. The van der Waals surface area contributed by atoms with Gasteiger partial charge < -0.3 is 35.2 Å². The van der Waals surface area contributed by atoms with Crippen LogP contribution in [0.1, 0.15) is 328 Å². The molecule has 13 heteroatoms. The minimum absolute atomic E-state index is 0.256. The van der Waals surface area contributed by atoms with Gasteiger partial charge in [0.2, 0.25) is 5.91 Å². The second kappa shape index (κ2) is 54.8. The number of hydrogen-bond donors (Lipinski definition) is 6. The average Bonchev–Trinajstić information content (AvgIpc) is 3.45. The smallest absolute Gasteiger partial charge is 0.394 e. The zero-order valence-corrected chi connectivity index (χ0v) is 51.3. The van der Waals surface area contributed by atoms with E-state index < -0.39 is 59.9 Å². The molecule has 0 radical (unpaired) electrons. The number of carbonyl (C=O) groups is 1. The second-order valence-electron chi connectivity index (χ2n) is 23.4. The van der Waals surface area contributed by atoms with Crippen LogP contribution in [0.3, 0.4) is 0 Å². The van der Waals surface area contributed by atoms with Gasteiger partial charge in [0.1, 0.15) is 24.4 Å². The summed E-state index contributed by atoms with van der Waals surface area (Å²) in [6, 6.07) is -0.943. The largest absolute Gasteiger partial charge is 0.397 e. The van der Waals surface area contributed by atoms with Crippen molar-refractivity contribution in [3.63, 3.8) is 0 Å². The maximum absolute atomic E-state index is 13.2. The molecule has 0 aromatic carbocycles. The molecule has 7 unspecified atom stereocenters. The zero-order chi connectivity index (χ0) is 56.8. The van der Waals surface area contributed by atoms with Gasteiger partial charge in [0, 0.05) is 6.42 Å². The Bertz CT molecular complexity index is 1470. The van der Waals surface area contributed by atoms with E-state index in [-0.39, 0.29) is 18.9 Å². The molecule has 462 valence electrons. The number of rotatable bonds is 59. The van der Waals surface area contributed by atoms with Crippen molar-refractivity contribution in [3.05, 3.63) is 24.3 Å². The lowest BCUT2D eigenvalue weighted by molar-refractivity contribution is -0.298. The number of amides is 1.